The summed E-state index contributed by atoms with van der Waals surface area (Å²) in [4.78, 5) is 26.7. The quantitative estimate of drug-likeness (QED) is 0.496. The predicted molar refractivity (Wildman–Crippen MR) is 120 cm³/mol. The fraction of sp³-hybridized carbons (Fsp3) is 0.375. The summed E-state index contributed by atoms with van der Waals surface area (Å²) in [6.07, 6.45) is 4.68. The third kappa shape index (κ3) is 3.36. The third-order valence-electron chi connectivity index (χ3n) is 6.57. The van der Waals surface area contributed by atoms with Crippen LogP contribution in [0.4, 0.5) is 0 Å². The van der Waals surface area contributed by atoms with Gasteiger partial charge in [0.15, 0.2) is 11.5 Å². The lowest BCUT2D eigenvalue weighted by Crippen LogP contribution is -2.45. The number of carbonyl (C=O) groups excluding carboxylic acids is 1. The Morgan fingerprint density at radius 2 is 1.94 bits per heavy atom. The first-order chi connectivity index (χ1) is 15.7. The van der Waals surface area contributed by atoms with E-state index in [-0.39, 0.29) is 5.91 Å². The van der Waals surface area contributed by atoms with Gasteiger partial charge in [0.25, 0.3) is 5.91 Å². The molecule has 32 heavy (non-hydrogen) atoms. The van der Waals surface area contributed by atoms with Crippen LogP contribution in [0.3, 0.4) is 0 Å². The zero-order chi connectivity index (χ0) is 21.7. The first-order valence-corrected chi connectivity index (χ1v) is 11.1. The monoisotopic (exact) mass is 431 g/mol. The molecule has 2 saturated heterocycles. The first kappa shape index (κ1) is 19.5. The van der Waals surface area contributed by atoms with Crippen molar-refractivity contribution < 1.29 is 13.9 Å². The summed E-state index contributed by atoms with van der Waals surface area (Å²) in [6, 6.07) is 10.3. The van der Waals surface area contributed by atoms with Gasteiger partial charge < -0.3 is 14.1 Å². The number of rotatable bonds is 3. The number of pyridine rings is 1. The molecule has 0 saturated carbocycles. The molecule has 1 atom stereocenters. The molecule has 1 aromatic carbocycles. The Kier molecular flexibility index (Phi) is 4.69. The zero-order valence-corrected chi connectivity index (χ0v) is 18.0. The molecule has 0 radical (unpaired) electrons. The van der Waals surface area contributed by atoms with E-state index in [4.69, 9.17) is 9.15 Å². The summed E-state index contributed by atoms with van der Waals surface area (Å²) in [5, 5.41) is 0. The molecule has 0 unspecified atom stereocenters. The van der Waals surface area contributed by atoms with E-state index in [1.54, 1.807) is 6.20 Å². The van der Waals surface area contributed by atoms with Crippen LogP contribution in [0.2, 0.25) is 0 Å². The second-order valence-corrected chi connectivity index (χ2v) is 8.55. The van der Waals surface area contributed by atoms with Crippen molar-refractivity contribution in [2.24, 2.45) is 0 Å². The molecule has 2 aliphatic heterocycles. The molecule has 6 rings (SSSR count). The average molecular weight is 431 g/mol. The molecular weight excluding hydrogens is 406 g/mol. The number of amides is 1. The molecule has 4 aromatic rings. The van der Waals surface area contributed by atoms with Crippen molar-refractivity contribution in [2.75, 3.05) is 39.4 Å². The highest BCUT2D eigenvalue weighted by Crippen LogP contribution is 2.26. The molecule has 1 amide bonds. The van der Waals surface area contributed by atoms with Crippen LogP contribution in [0.15, 0.2) is 47.1 Å². The second kappa shape index (κ2) is 7.72. The molecule has 0 bridgehead atoms. The van der Waals surface area contributed by atoms with Crippen molar-refractivity contribution in [3.63, 3.8) is 0 Å². The summed E-state index contributed by atoms with van der Waals surface area (Å²) in [7, 11) is 0. The van der Waals surface area contributed by atoms with E-state index < -0.39 is 0 Å². The topological polar surface area (TPSA) is 76.1 Å². The number of hydrogen-bond donors (Lipinski definition) is 0. The fourth-order valence-electron chi connectivity index (χ4n) is 4.86. The van der Waals surface area contributed by atoms with Gasteiger partial charge in [0.05, 0.1) is 19.4 Å². The number of aryl methyl sites for hydroxylation is 1. The van der Waals surface area contributed by atoms with Gasteiger partial charge in [-0.05, 0) is 41.8 Å². The molecule has 2 fully saturated rings. The molecular formula is C24H25N5O3. The lowest BCUT2D eigenvalue weighted by atomic mass is 10.1. The summed E-state index contributed by atoms with van der Waals surface area (Å²) in [6.45, 7) is 6.82. The number of hydrogen-bond acceptors (Lipinski definition) is 6. The molecule has 0 spiro atoms. The number of aromatic nitrogens is 3. The van der Waals surface area contributed by atoms with Gasteiger partial charge in [0.2, 0.25) is 0 Å². The maximum absolute atomic E-state index is 13.4. The Bertz CT molecular complexity index is 1300. The lowest BCUT2D eigenvalue weighted by molar-refractivity contribution is 0.0185. The Labute approximate surface area is 185 Å². The van der Waals surface area contributed by atoms with E-state index in [0.717, 1.165) is 73.7 Å². The van der Waals surface area contributed by atoms with Crippen molar-refractivity contribution >= 4 is 22.7 Å². The van der Waals surface area contributed by atoms with Crippen LogP contribution in [0.1, 0.15) is 22.8 Å². The number of benzene rings is 1. The van der Waals surface area contributed by atoms with Crippen LogP contribution in [0.25, 0.3) is 27.9 Å². The van der Waals surface area contributed by atoms with E-state index in [9.17, 15) is 4.79 Å². The van der Waals surface area contributed by atoms with E-state index in [2.05, 4.69) is 14.9 Å². The van der Waals surface area contributed by atoms with E-state index >= 15 is 0 Å². The minimum absolute atomic E-state index is 0.0352. The van der Waals surface area contributed by atoms with Crippen molar-refractivity contribution in [3.8, 4) is 11.1 Å². The van der Waals surface area contributed by atoms with E-state index in [1.165, 1.54) is 0 Å². The van der Waals surface area contributed by atoms with Gasteiger partial charge in [-0.25, -0.2) is 9.97 Å². The largest absolute Gasteiger partial charge is 0.441 e. The van der Waals surface area contributed by atoms with Gasteiger partial charge in [0, 0.05) is 45.3 Å². The highest BCUT2D eigenvalue weighted by Gasteiger charge is 2.32. The number of oxazole rings is 1. The maximum atomic E-state index is 13.4. The molecule has 0 aliphatic carbocycles. The van der Waals surface area contributed by atoms with E-state index in [1.807, 2.05) is 52.8 Å². The number of morpholine rings is 1. The number of nitrogens with zero attached hydrogens (tertiary/aromatic N) is 5. The molecule has 3 aromatic heterocycles. The standard InChI is InChI=1S/C24H25N5O3/c1-16-26-20-12-17(2-4-22(20)32-16)18-3-5-23-25-13-21(29(23)14-18)24(30)28-7-6-19(15-28)27-8-10-31-11-9-27/h2-5,12-14,19H,6-11,15H2,1H3/t19-/m0/s1. The number of ether oxygens (including phenoxy) is 1. The highest BCUT2D eigenvalue weighted by molar-refractivity contribution is 5.93. The summed E-state index contributed by atoms with van der Waals surface area (Å²) < 4.78 is 13.0. The second-order valence-electron chi connectivity index (χ2n) is 8.55. The van der Waals surface area contributed by atoms with Crippen LogP contribution in [0, 0.1) is 6.92 Å². The first-order valence-electron chi connectivity index (χ1n) is 11.1. The van der Waals surface area contributed by atoms with Crippen molar-refractivity contribution in [3.05, 3.63) is 54.3 Å². The number of carbonyl (C=O) groups is 1. The van der Waals surface area contributed by atoms with Crippen LogP contribution in [0.5, 0.6) is 0 Å². The normalized spacial score (nSPS) is 19.9. The Morgan fingerprint density at radius 1 is 1.09 bits per heavy atom. The number of imidazole rings is 1. The minimum Gasteiger partial charge on any atom is -0.441 e. The van der Waals surface area contributed by atoms with Crippen LogP contribution >= 0.6 is 0 Å². The fourth-order valence-corrected chi connectivity index (χ4v) is 4.86. The Morgan fingerprint density at radius 3 is 2.81 bits per heavy atom. The maximum Gasteiger partial charge on any atom is 0.272 e. The van der Waals surface area contributed by atoms with Crippen molar-refractivity contribution in [1.29, 1.82) is 0 Å². The molecule has 2 aliphatic rings. The Balaban J connectivity index is 1.28. The minimum atomic E-state index is 0.0352. The summed E-state index contributed by atoms with van der Waals surface area (Å²) in [5.41, 5.74) is 4.98. The van der Waals surface area contributed by atoms with Crippen LogP contribution < -0.4 is 0 Å². The van der Waals surface area contributed by atoms with Gasteiger partial charge in [-0.15, -0.1) is 0 Å². The van der Waals surface area contributed by atoms with Gasteiger partial charge in [-0.2, -0.15) is 0 Å². The van der Waals surface area contributed by atoms with Crippen LogP contribution in [-0.2, 0) is 4.74 Å². The van der Waals surface area contributed by atoms with Crippen LogP contribution in [-0.4, -0.2) is 75.5 Å². The van der Waals surface area contributed by atoms with Gasteiger partial charge in [0.1, 0.15) is 16.9 Å². The van der Waals surface area contributed by atoms with Crippen molar-refractivity contribution in [1.82, 2.24) is 24.2 Å². The smallest absolute Gasteiger partial charge is 0.272 e. The number of fused-ring (bicyclic) bond motifs is 2. The summed E-state index contributed by atoms with van der Waals surface area (Å²) >= 11 is 0. The van der Waals surface area contributed by atoms with Gasteiger partial charge in [-0.3, -0.25) is 14.1 Å². The molecule has 164 valence electrons. The molecule has 8 heteroatoms. The van der Waals surface area contributed by atoms with Gasteiger partial charge >= 0.3 is 0 Å². The average Bonchev–Trinajstić information content (AvgIpc) is 3.55. The van der Waals surface area contributed by atoms with Crippen molar-refractivity contribution in [2.45, 2.75) is 19.4 Å². The highest BCUT2D eigenvalue weighted by atomic mass is 16.5. The molecule has 8 nitrogen and oxygen atoms in total. The van der Waals surface area contributed by atoms with E-state index in [0.29, 0.717) is 17.6 Å². The summed E-state index contributed by atoms with van der Waals surface area (Å²) in [5.74, 6) is 0.684. The SMILES string of the molecule is Cc1nc2cc(-c3ccc4ncc(C(=O)N5CC[C@H](N6CCOCC6)C5)n4c3)ccc2o1. The Hall–Kier alpha value is -3.23. The molecule has 0 N–H and O–H groups in total. The number of likely N-dealkylation sites (tertiary alicyclic amines) is 1. The zero-order valence-electron chi connectivity index (χ0n) is 18.0. The van der Waals surface area contributed by atoms with Gasteiger partial charge in [-0.1, -0.05) is 6.07 Å². The predicted octanol–water partition coefficient (Wildman–Crippen LogP) is 3.00. The molecule has 5 heterocycles. The third-order valence-corrected chi connectivity index (χ3v) is 6.57. The lowest BCUT2D eigenvalue weighted by Gasteiger charge is -2.32.